The molecule has 8 heteroatoms. The van der Waals surface area contributed by atoms with Gasteiger partial charge in [-0.05, 0) is 31.5 Å². The highest BCUT2D eigenvalue weighted by molar-refractivity contribution is 8.26. The van der Waals surface area contributed by atoms with E-state index in [9.17, 15) is 9.59 Å². The zero-order valence-electron chi connectivity index (χ0n) is 14.9. The number of nitrogens with one attached hydrogen (secondary N) is 1. The average Bonchev–Trinajstić information content (AvgIpc) is 3.10. The van der Waals surface area contributed by atoms with E-state index in [1.54, 1.807) is 0 Å². The van der Waals surface area contributed by atoms with Gasteiger partial charge in [-0.25, -0.2) is 0 Å². The van der Waals surface area contributed by atoms with Crippen molar-refractivity contribution in [3.05, 3.63) is 41.3 Å². The van der Waals surface area contributed by atoms with Crippen molar-refractivity contribution in [3.8, 4) is 5.75 Å². The number of benzene rings is 1. The van der Waals surface area contributed by atoms with Crippen molar-refractivity contribution in [2.75, 3.05) is 25.1 Å². The molecule has 1 amide bonds. The molecule has 1 N–H and O–H groups in total. The van der Waals surface area contributed by atoms with Gasteiger partial charge in [-0.2, -0.15) is 4.98 Å². The van der Waals surface area contributed by atoms with E-state index in [0.717, 1.165) is 34.5 Å². The van der Waals surface area contributed by atoms with Crippen LogP contribution in [0.4, 0.5) is 10.8 Å². The van der Waals surface area contributed by atoms with Crippen molar-refractivity contribution in [1.82, 2.24) is 10.3 Å². The maximum absolute atomic E-state index is 11.6. The maximum atomic E-state index is 11.6. The summed E-state index contributed by atoms with van der Waals surface area (Å²) in [6.07, 6.45) is 0.490. The predicted octanol–water partition coefficient (Wildman–Crippen LogP) is 2.70. The van der Waals surface area contributed by atoms with Crippen molar-refractivity contribution >= 4 is 28.1 Å². The lowest BCUT2D eigenvalue weighted by molar-refractivity contribution is -0.112. The number of carbonyl (C=O) groups is 2. The third-order valence-corrected chi connectivity index (χ3v) is 4.96. The first-order chi connectivity index (χ1) is 12.4. The van der Waals surface area contributed by atoms with E-state index in [-0.39, 0.29) is 10.4 Å². The lowest BCUT2D eigenvalue weighted by atomic mass is 10.1. The van der Waals surface area contributed by atoms with E-state index in [1.807, 2.05) is 50.1 Å². The summed E-state index contributed by atoms with van der Waals surface area (Å²) >= 11 is 0.734. The number of hydrogen-bond donors (Lipinski definition) is 1. The molecule has 26 heavy (non-hydrogen) atoms. The molecule has 0 radical (unpaired) electrons. The number of nitrogens with zero attached hydrogens (tertiary/aromatic N) is 2. The van der Waals surface area contributed by atoms with Crippen molar-refractivity contribution in [1.29, 1.82) is 0 Å². The summed E-state index contributed by atoms with van der Waals surface area (Å²) in [5.74, 6) is 1.57. The molecule has 1 atom stereocenters. The fraction of sp³-hybridized carbons (Fsp3) is 0.389. The van der Waals surface area contributed by atoms with Crippen molar-refractivity contribution in [2.45, 2.75) is 26.3 Å². The second-order valence-electron chi connectivity index (χ2n) is 6.16. The van der Waals surface area contributed by atoms with Gasteiger partial charge in [0, 0.05) is 25.2 Å². The Bertz CT molecular complexity index is 784. The molecule has 2 heterocycles. The number of carbonyl (C=O) groups excluding carboxylic acids is 2. The number of thioether (sulfide) groups is 1. The lowest BCUT2D eigenvalue weighted by Crippen LogP contribution is -2.30. The van der Waals surface area contributed by atoms with Crippen LogP contribution in [0, 0.1) is 13.8 Å². The van der Waals surface area contributed by atoms with E-state index in [2.05, 4.69) is 10.3 Å². The monoisotopic (exact) mass is 375 g/mol. The van der Waals surface area contributed by atoms with E-state index >= 15 is 0 Å². The summed E-state index contributed by atoms with van der Waals surface area (Å²) < 4.78 is 11.3. The van der Waals surface area contributed by atoms with Crippen LogP contribution in [0.3, 0.4) is 0 Å². The molecule has 0 aliphatic carbocycles. The molecular formula is C18H21N3O4S. The Morgan fingerprint density at radius 1 is 1.27 bits per heavy atom. The van der Waals surface area contributed by atoms with Crippen LogP contribution in [0.2, 0.25) is 0 Å². The molecule has 2 aromatic rings. The van der Waals surface area contributed by atoms with Crippen molar-refractivity contribution in [2.24, 2.45) is 0 Å². The summed E-state index contributed by atoms with van der Waals surface area (Å²) in [4.78, 5) is 29.1. The fourth-order valence-corrected chi connectivity index (χ4v) is 3.17. The van der Waals surface area contributed by atoms with Gasteiger partial charge >= 0.3 is 0 Å². The molecule has 1 aromatic heterocycles. The number of ether oxygens (including phenoxy) is 1. The van der Waals surface area contributed by atoms with Crippen LogP contribution in [0.1, 0.15) is 17.0 Å². The summed E-state index contributed by atoms with van der Waals surface area (Å²) in [5.41, 5.74) is 1.86. The number of aryl methyl sites for hydroxylation is 2. The van der Waals surface area contributed by atoms with Gasteiger partial charge < -0.3 is 19.4 Å². The van der Waals surface area contributed by atoms with E-state index in [1.165, 1.54) is 0 Å². The Labute approximate surface area is 156 Å². The predicted molar refractivity (Wildman–Crippen MR) is 99.8 cm³/mol. The van der Waals surface area contributed by atoms with E-state index in [0.29, 0.717) is 25.6 Å². The number of aromatic nitrogens is 1. The molecule has 7 nitrogen and oxygen atoms in total. The third kappa shape index (κ3) is 4.37. The molecule has 138 valence electrons. The smallest absolute Gasteiger partial charge is 0.297 e. The Hall–Kier alpha value is -2.48. The van der Waals surface area contributed by atoms with Gasteiger partial charge in [0.2, 0.25) is 5.12 Å². The molecule has 1 aliphatic heterocycles. The quantitative estimate of drug-likeness (QED) is 0.796. The molecule has 1 unspecified atom stereocenters. The molecule has 1 aromatic carbocycles. The minimum Gasteiger partial charge on any atom is -0.492 e. The number of oxazole rings is 1. The highest BCUT2D eigenvalue weighted by Crippen LogP contribution is 2.20. The van der Waals surface area contributed by atoms with Crippen LogP contribution in [-0.4, -0.2) is 41.6 Å². The summed E-state index contributed by atoms with van der Waals surface area (Å²) in [6.45, 7) is 4.93. The van der Waals surface area contributed by atoms with E-state index in [4.69, 9.17) is 9.15 Å². The lowest BCUT2D eigenvalue weighted by Gasteiger charge is -2.15. The van der Waals surface area contributed by atoms with Gasteiger partial charge in [0.1, 0.15) is 24.2 Å². The van der Waals surface area contributed by atoms with Crippen LogP contribution in [0.15, 0.2) is 28.7 Å². The molecular weight excluding hydrogens is 354 g/mol. The Balaban J connectivity index is 1.47. The second kappa shape index (κ2) is 7.82. The SMILES string of the molecule is Cc1nc(N(C)CCOc2ccc(CC3NC(=O)SC3=O)cc2)oc1C. The van der Waals surface area contributed by atoms with Crippen LogP contribution in [0.5, 0.6) is 5.75 Å². The van der Waals surface area contributed by atoms with Gasteiger partial charge in [0.15, 0.2) is 0 Å². The standard InChI is InChI=1S/C18H21N3O4S/c1-11-12(2)25-17(19-11)21(3)8-9-24-14-6-4-13(5-7-14)10-15-16(22)26-18(23)20-15/h4-7,15H,8-10H2,1-3H3,(H,20,23). The number of anilines is 1. The van der Waals surface area contributed by atoms with Gasteiger partial charge in [-0.3, -0.25) is 9.59 Å². The first-order valence-electron chi connectivity index (χ1n) is 8.31. The van der Waals surface area contributed by atoms with Gasteiger partial charge in [-0.15, -0.1) is 0 Å². The van der Waals surface area contributed by atoms with Crippen LogP contribution < -0.4 is 15.0 Å². The maximum Gasteiger partial charge on any atom is 0.297 e. The molecule has 1 fully saturated rings. The normalized spacial score (nSPS) is 16.7. The summed E-state index contributed by atoms with van der Waals surface area (Å²) in [6, 6.07) is 7.68. The molecule has 1 aliphatic rings. The molecule has 0 saturated carbocycles. The molecule has 1 saturated heterocycles. The van der Waals surface area contributed by atoms with Gasteiger partial charge in [-0.1, -0.05) is 12.1 Å². The third-order valence-electron chi connectivity index (χ3n) is 4.17. The summed E-state index contributed by atoms with van der Waals surface area (Å²) in [5, 5.41) is 2.25. The fourth-order valence-electron chi connectivity index (χ4n) is 2.50. The largest absolute Gasteiger partial charge is 0.492 e. The highest BCUT2D eigenvalue weighted by atomic mass is 32.2. The Morgan fingerprint density at radius 3 is 2.58 bits per heavy atom. The first kappa shape index (κ1) is 18.3. The number of likely N-dealkylation sites (N-methyl/N-ethyl adjacent to an activating group) is 1. The van der Waals surface area contributed by atoms with Gasteiger partial charge in [0.25, 0.3) is 11.3 Å². The Kier molecular flexibility index (Phi) is 5.51. The van der Waals surface area contributed by atoms with Crippen molar-refractivity contribution in [3.63, 3.8) is 0 Å². The van der Waals surface area contributed by atoms with Crippen LogP contribution >= 0.6 is 11.8 Å². The average molecular weight is 375 g/mol. The van der Waals surface area contributed by atoms with E-state index < -0.39 is 6.04 Å². The van der Waals surface area contributed by atoms with Crippen LogP contribution in [0.25, 0.3) is 0 Å². The van der Waals surface area contributed by atoms with Gasteiger partial charge in [0.05, 0.1) is 12.2 Å². The molecule has 0 spiro atoms. The van der Waals surface area contributed by atoms with Crippen molar-refractivity contribution < 1.29 is 18.7 Å². The minimum absolute atomic E-state index is 0.129. The highest BCUT2D eigenvalue weighted by Gasteiger charge is 2.31. The Morgan fingerprint density at radius 2 is 2.00 bits per heavy atom. The minimum atomic E-state index is -0.444. The topological polar surface area (TPSA) is 84.7 Å². The van der Waals surface area contributed by atoms with Crippen LogP contribution in [-0.2, 0) is 11.2 Å². The number of rotatable bonds is 7. The zero-order valence-corrected chi connectivity index (χ0v) is 15.8. The first-order valence-corrected chi connectivity index (χ1v) is 9.13. The second-order valence-corrected chi connectivity index (χ2v) is 7.14. The number of hydrogen-bond acceptors (Lipinski definition) is 7. The molecule has 0 bridgehead atoms. The summed E-state index contributed by atoms with van der Waals surface area (Å²) in [7, 11) is 1.90. The molecule has 3 rings (SSSR count). The number of amides is 1. The zero-order chi connectivity index (χ0) is 18.7.